The van der Waals surface area contributed by atoms with Gasteiger partial charge in [0.1, 0.15) is 5.75 Å². The summed E-state index contributed by atoms with van der Waals surface area (Å²) >= 11 is 0. The Labute approximate surface area is 128 Å². The van der Waals surface area contributed by atoms with Crippen LogP contribution in [0.15, 0.2) is 12.1 Å². The maximum absolute atomic E-state index is 9.59. The Balaban J connectivity index is 0.00000162. The maximum Gasteiger partial charge on any atom is 0.116 e. The molecule has 1 fully saturated rings. The van der Waals surface area contributed by atoms with Crippen LogP contribution in [0.2, 0.25) is 0 Å². The first-order chi connectivity index (χ1) is 8.09. The van der Waals surface area contributed by atoms with Crippen molar-refractivity contribution in [3.63, 3.8) is 0 Å². The van der Waals surface area contributed by atoms with Gasteiger partial charge in [0, 0.05) is 32.2 Å². The van der Waals surface area contributed by atoms with E-state index in [2.05, 4.69) is 31.0 Å². The fraction of sp³-hybridized carbons (Fsp3) is 0.571. The fourth-order valence-electron chi connectivity index (χ4n) is 2.86. The van der Waals surface area contributed by atoms with Gasteiger partial charge in [-0.1, -0.05) is 0 Å². The molecule has 1 aliphatic rings. The van der Waals surface area contributed by atoms with Crippen molar-refractivity contribution in [2.75, 3.05) is 26.2 Å². The maximum atomic E-state index is 9.59. The highest BCUT2D eigenvalue weighted by Crippen LogP contribution is 2.29. The molecule has 1 aromatic carbocycles. The van der Waals surface area contributed by atoms with Gasteiger partial charge in [-0.25, -0.2) is 0 Å². The molecule has 0 aromatic heterocycles. The van der Waals surface area contributed by atoms with Gasteiger partial charge in [0.25, 0.3) is 0 Å². The number of aryl methyl sites for hydroxylation is 2. The molecule has 0 unspecified atom stereocenters. The molecule has 2 rings (SSSR count). The summed E-state index contributed by atoms with van der Waals surface area (Å²) in [6.07, 6.45) is 0. The second kappa shape index (κ2) is 7.95. The van der Waals surface area contributed by atoms with Crippen LogP contribution in [0.5, 0.6) is 5.75 Å². The van der Waals surface area contributed by atoms with Crippen molar-refractivity contribution in [3.05, 3.63) is 28.8 Å². The molecule has 1 aliphatic heterocycles. The number of rotatable bonds is 2. The number of phenols is 1. The molecule has 0 radical (unpaired) electrons. The number of nitrogens with zero attached hydrogens (tertiary/aromatic N) is 1. The van der Waals surface area contributed by atoms with Crippen molar-refractivity contribution in [2.24, 2.45) is 0 Å². The fourth-order valence-corrected chi connectivity index (χ4v) is 2.86. The van der Waals surface area contributed by atoms with Crippen LogP contribution >= 0.6 is 24.8 Å². The van der Waals surface area contributed by atoms with E-state index in [1.807, 2.05) is 12.1 Å². The molecule has 0 spiro atoms. The zero-order chi connectivity index (χ0) is 12.4. The minimum Gasteiger partial charge on any atom is -0.508 e. The smallest absolute Gasteiger partial charge is 0.116 e. The van der Waals surface area contributed by atoms with Crippen molar-refractivity contribution < 1.29 is 5.11 Å². The third kappa shape index (κ3) is 4.25. The van der Waals surface area contributed by atoms with Crippen molar-refractivity contribution >= 4 is 24.8 Å². The molecule has 0 aliphatic carbocycles. The van der Waals surface area contributed by atoms with Gasteiger partial charge in [-0.2, -0.15) is 0 Å². The third-order valence-corrected chi connectivity index (χ3v) is 3.70. The number of nitrogens with one attached hydrogen (secondary N) is 1. The minimum absolute atomic E-state index is 0. The van der Waals surface area contributed by atoms with Gasteiger partial charge in [-0.05, 0) is 49.6 Å². The summed E-state index contributed by atoms with van der Waals surface area (Å²) in [5.41, 5.74) is 3.74. The van der Waals surface area contributed by atoms with Crippen LogP contribution in [0, 0.1) is 13.8 Å². The van der Waals surface area contributed by atoms with E-state index >= 15 is 0 Å². The van der Waals surface area contributed by atoms with E-state index in [-0.39, 0.29) is 24.8 Å². The molecule has 2 N–H and O–H groups in total. The lowest BCUT2D eigenvalue weighted by molar-refractivity contribution is 0.184. The molecular formula is C14H24Cl2N2O. The predicted molar refractivity (Wildman–Crippen MR) is 84.9 cm³/mol. The van der Waals surface area contributed by atoms with Gasteiger partial charge in [0.05, 0.1) is 0 Å². The van der Waals surface area contributed by atoms with E-state index < -0.39 is 0 Å². The second-order valence-electron chi connectivity index (χ2n) is 4.96. The second-order valence-corrected chi connectivity index (χ2v) is 4.96. The molecule has 5 heteroatoms. The summed E-state index contributed by atoms with van der Waals surface area (Å²) in [6, 6.07) is 4.15. The van der Waals surface area contributed by atoms with Crippen molar-refractivity contribution in [3.8, 4) is 5.75 Å². The highest BCUT2D eigenvalue weighted by molar-refractivity contribution is 5.85. The van der Waals surface area contributed by atoms with Crippen molar-refractivity contribution in [1.82, 2.24) is 10.2 Å². The quantitative estimate of drug-likeness (QED) is 0.882. The number of halogens is 2. The first-order valence-electron chi connectivity index (χ1n) is 6.34. The van der Waals surface area contributed by atoms with E-state index in [0.717, 1.165) is 26.2 Å². The minimum atomic E-state index is 0. The van der Waals surface area contributed by atoms with Gasteiger partial charge < -0.3 is 10.4 Å². The first-order valence-corrected chi connectivity index (χ1v) is 6.34. The lowest BCUT2D eigenvalue weighted by Gasteiger charge is -2.34. The van der Waals surface area contributed by atoms with E-state index in [1.165, 1.54) is 16.7 Å². The molecule has 0 bridgehead atoms. The summed E-state index contributed by atoms with van der Waals surface area (Å²) in [4.78, 5) is 2.50. The zero-order valence-corrected chi connectivity index (χ0v) is 13.4. The van der Waals surface area contributed by atoms with Crippen LogP contribution in [0.4, 0.5) is 0 Å². The lowest BCUT2D eigenvalue weighted by Crippen LogP contribution is -2.44. The number of aromatic hydroxyl groups is 1. The molecule has 110 valence electrons. The van der Waals surface area contributed by atoms with Crippen LogP contribution in [-0.2, 0) is 0 Å². The van der Waals surface area contributed by atoms with Crippen LogP contribution in [0.25, 0.3) is 0 Å². The number of benzene rings is 1. The van der Waals surface area contributed by atoms with Crippen LogP contribution < -0.4 is 5.32 Å². The van der Waals surface area contributed by atoms with Crippen molar-refractivity contribution in [2.45, 2.75) is 26.8 Å². The average molecular weight is 307 g/mol. The Morgan fingerprint density at radius 3 is 2.05 bits per heavy atom. The van der Waals surface area contributed by atoms with Crippen LogP contribution in [-0.4, -0.2) is 36.2 Å². The van der Waals surface area contributed by atoms with Crippen LogP contribution in [0.3, 0.4) is 0 Å². The summed E-state index contributed by atoms with van der Waals surface area (Å²) < 4.78 is 0. The SMILES string of the molecule is Cc1cc(O)cc(C)c1[C@@H](C)N1CCNCC1.Cl.Cl. The standard InChI is InChI=1S/C14H22N2O.2ClH/c1-10-8-13(17)9-11(2)14(10)12(3)16-6-4-15-5-7-16;;/h8-9,12,15,17H,4-7H2,1-3H3;2*1H/t12-;;/m1../s1. The summed E-state index contributed by atoms with van der Waals surface area (Å²) in [7, 11) is 0. The number of hydrogen-bond acceptors (Lipinski definition) is 3. The first kappa shape index (κ1) is 18.5. The number of phenolic OH excluding ortho intramolecular Hbond substituents is 1. The van der Waals surface area contributed by atoms with Gasteiger partial charge in [0.2, 0.25) is 0 Å². The molecule has 19 heavy (non-hydrogen) atoms. The van der Waals surface area contributed by atoms with E-state index in [1.54, 1.807) is 0 Å². The molecule has 1 aromatic rings. The number of piperazine rings is 1. The van der Waals surface area contributed by atoms with Gasteiger partial charge in [-0.15, -0.1) is 24.8 Å². The zero-order valence-electron chi connectivity index (χ0n) is 11.8. The van der Waals surface area contributed by atoms with E-state index in [0.29, 0.717) is 11.8 Å². The Kier molecular flexibility index (Phi) is 7.75. The Hall–Kier alpha value is -0.480. The molecule has 3 nitrogen and oxygen atoms in total. The van der Waals surface area contributed by atoms with Gasteiger partial charge >= 0.3 is 0 Å². The average Bonchev–Trinajstić information content (AvgIpc) is 2.28. The molecule has 0 saturated carbocycles. The molecule has 1 heterocycles. The van der Waals surface area contributed by atoms with Crippen LogP contribution in [0.1, 0.15) is 29.7 Å². The highest BCUT2D eigenvalue weighted by atomic mass is 35.5. The molecule has 1 atom stereocenters. The van der Waals surface area contributed by atoms with E-state index in [4.69, 9.17) is 0 Å². The topological polar surface area (TPSA) is 35.5 Å². The third-order valence-electron chi connectivity index (χ3n) is 3.70. The lowest BCUT2D eigenvalue weighted by atomic mass is 9.95. The van der Waals surface area contributed by atoms with Crippen molar-refractivity contribution in [1.29, 1.82) is 0 Å². The van der Waals surface area contributed by atoms with Gasteiger partial charge in [0.15, 0.2) is 0 Å². The molecule has 1 saturated heterocycles. The summed E-state index contributed by atoms with van der Waals surface area (Å²) in [6.45, 7) is 10.8. The normalized spacial score (nSPS) is 17.2. The monoisotopic (exact) mass is 306 g/mol. The predicted octanol–water partition coefficient (Wildman–Crippen LogP) is 2.82. The molecule has 0 amide bonds. The Morgan fingerprint density at radius 2 is 1.58 bits per heavy atom. The Bertz CT molecular complexity index is 383. The largest absolute Gasteiger partial charge is 0.508 e. The summed E-state index contributed by atoms with van der Waals surface area (Å²) in [5, 5.41) is 13.0. The Morgan fingerprint density at radius 1 is 1.11 bits per heavy atom. The van der Waals surface area contributed by atoms with E-state index in [9.17, 15) is 5.11 Å². The summed E-state index contributed by atoms with van der Waals surface area (Å²) in [5.74, 6) is 0.372. The van der Waals surface area contributed by atoms with Gasteiger partial charge in [-0.3, -0.25) is 4.90 Å². The highest BCUT2D eigenvalue weighted by Gasteiger charge is 2.20. The molecular weight excluding hydrogens is 283 g/mol. The number of hydrogen-bond donors (Lipinski definition) is 2.